The molecule has 8 aliphatic heterocycles. The molecule has 0 aliphatic carbocycles. The number of aliphatic hydroxyl groups is 2. The summed E-state index contributed by atoms with van der Waals surface area (Å²) in [5.41, 5.74) is 3.23. The van der Waals surface area contributed by atoms with Crippen LogP contribution >= 0.6 is 17.2 Å². The summed E-state index contributed by atoms with van der Waals surface area (Å²) in [6.07, 6.45) is 36.4. The summed E-state index contributed by atoms with van der Waals surface area (Å²) in [5, 5.41) is 26.3. The van der Waals surface area contributed by atoms with Gasteiger partial charge in [0, 0.05) is 16.5 Å². The van der Waals surface area contributed by atoms with Crippen LogP contribution in [0.25, 0.3) is 0 Å². The first kappa shape index (κ1) is 100. The van der Waals surface area contributed by atoms with Crippen molar-refractivity contribution in [3.63, 3.8) is 0 Å². The Morgan fingerprint density at radius 3 is 0.736 bits per heavy atom. The van der Waals surface area contributed by atoms with Crippen molar-refractivity contribution in [3.05, 3.63) is 138 Å². The van der Waals surface area contributed by atoms with Gasteiger partial charge in [0.1, 0.15) is 0 Å². The van der Waals surface area contributed by atoms with Gasteiger partial charge in [-0.1, -0.05) is 410 Å². The maximum atomic E-state index is 14.0. The molecule has 4 atom stereocenters. The molecule has 5 bridgehead atoms. The number of hydrogen-bond acceptors (Lipinski definition) is 12. The molecule has 121 heavy (non-hydrogen) atoms. The van der Waals surface area contributed by atoms with E-state index < -0.39 is 125 Å². The zero-order valence-electron chi connectivity index (χ0n) is 83.0. The van der Waals surface area contributed by atoms with Gasteiger partial charge >= 0.3 is 35.1 Å². The lowest BCUT2D eigenvalue weighted by molar-refractivity contribution is -0.736. The van der Waals surface area contributed by atoms with Gasteiger partial charge in [-0.15, -0.1) is 0 Å². The van der Waals surface area contributed by atoms with E-state index in [9.17, 15) is 19.7 Å². The molecule has 4 aromatic rings. The van der Waals surface area contributed by atoms with Crippen LogP contribution in [-0.4, -0.2) is 41.3 Å². The van der Waals surface area contributed by atoms with Crippen molar-refractivity contribution in [1.82, 2.24) is 0 Å². The van der Waals surface area contributed by atoms with Crippen molar-refractivity contribution in [2.75, 3.05) is 13.2 Å². The van der Waals surface area contributed by atoms with Crippen LogP contribution in [0.2, 0.25) is 0 Å². The lowest BCUT2D eigenvalue weighted by Crippen LogP contribution is -2.96. The smallest absolute Gasteiger partial charge is 0.346 e. The second kappa shape index (κ2) is 37.6. The summed E-state index contributed by atoms with van der Waals surface area (Å²) in [7, 11) is -4.96. The molecule has 8 heterocycles. The van der Waals surface area contributed by atoms with Crippen LogP contribution in [0.5, 0.6) is 0 Å². The Morgan fingerprint density at radius 1 is 0.256 bits per heavy atom. The predicted molar refractivity (Wildman–Crippen MR) is 503 cm³/mol. The number of hydrogen-bond donors (Lipinski definition) is 2. The molecule has 0 saturated carbocycles. The van der Waals surface area contributed by atoms with E-state index in [0.29, 0.717) is 0 Å². The minimum absolute atomic E-state index is 0.426. The largest absolute Gasteiger partial charge is 0.396 e. The molecule has 8 fully saturated rings. The normalized spacial score (nSPS) is 25.2. The molecule has 3 spiro atoms. The van der Waals surface area contributed by atoms with Gasteiger partial charge in [0.2, 0.25) is 17.0 Å². The van der Waals surface area contributed by atoms with E-state index in [1.54, 1.807) is 0 Å². The topological polar surface area (TPSA) is 133 Å². The van der Waals surface area contributed by atoms with Crippen molar-refractivity contribution in [3.8, 4) is 0 Å². The molecule has 0 radical (unpaired) electrons. The van der Waals surface area contributed by atoms with E-state index in [2.05, 4.69) is 256 Å². The Hall–Kier alpha value is -2.74. The summed E-state index contributed by atoms with van der Waals surface area (Å²) >= 11 is 0. The lowest BCUT2D eigenvalue weighted by Gasteiger charge is -2.82. The van der Waals surface area contributed by atoms with E-state index in [1.165, 1.54) is 151 Å². The van der Waals surface area contributed by atoms with Crippen molar-refractivity contribution in [1.29, 1.82) is 0 Å². The molecule has 14 heteroatoms. The maximum Gasteiger partial charge on any atom is 0.346 e. The lowest BCUT2D eigenvalue weighted by atomic mass is 9.47. The molecule has 8 aliphatic rings. The van der Waals surface area contributed by atoms with Crippen molar-refractivity contribution in [2.24, 2.45) is 16.2 Å². The van der Waals surface area contributed by atoms with Gasteiger partial charge in [-0.25, -0.2) is 0 Å². The Bertz CT molecular complexity index is 3870. The molecular formula is C107H174O12P2. The van der Waals surface area contributed by atoms with Crippen LogP contribution in [0.15, 0.2) is 48.5 Å². The van der Waals surface area contributed by atoms with Crippen LogP contribution in [0.1, 0.15) is 490 Å². The monoisotopic (exact) mass is 1710 g/mol. The average molecular weight is 1710 g/mol. The van der Waals surface area contributed by atoms with Gasteiger partial charge in [-0.3, -0.25) is 36.6 Å². The molecule has 2 N–H and O–H groups in total. The minimum atomic E-state index is -2.55. The first-order chi connectivity index (χ1) is 56.1. The predicted octanol–water partition coefficient (Wildman–Crippen LogP) is 30.9. The molecule has 4 aromatic carbocycles. The fourth-order valence-corrected chi connectivity index (χ4v) is 23.1. The third kappa shape index (κ3) is 19.4. The van der Waals surface area contributed by atoms with E-state index in [0.717, 1.165) is 144 Å². The van der Waals surface area contributed by atoms with Crippen LogP contribution in [0.4, 0.5) is 0 Å². The number of rotatable bonds is 40. The highest BCUT2D eigenvalue weighted by atomic mass is 31.2. The van der Waals surface area contributed by atoms with Crippen LogP contribution in [0, 0.1) is 16.2 Å². The number of ether oxygens (including phenoxy) is 4. The summed E-state index contributed by atoms with van der Waals surface area (Å²) in [5.74, 6) is -11.7. The zero-order valence-corrected chi connectivity index (χ0v) is 84.8. The molecule has 684 valence electrons. The average Bonchev–Trinajstić information content (AvgIpc) is 0.596. The first-order valence-corrected chi connectivity index (χ1v) is 50.8. The van der Waals surface area contributed by atoms with E-state index >= 15 is 0 Å². The molecule has 0 amide bonds. The van der Waals surface area contributed by atoms with Gasteiger partial charge in [0.05, 0.1) is 18.6 Å². The Labute approximate surface area is 741 Å². The van der Waals surface area contributed by atoms with E-state index in [4.69, 9.17) is 36.6 Å². The van der Waals surface area contributed by atoms with Gasteiger partial charge < -0.3 is 19.7 Å². The number of aryl methyl sites for hydroxylation is 4. The van der Waals surface area contributed by atoms with Crippen molar-refractivity contribution >= 4 is 17.2 Å². The SMILES string of the molecule is CCCCCCCCCc1cc(C(C)(C)C)c(C2(C(C)(C)CO)OC3(c4c(C(C)(C)C)cc(CCCCCCCCC)cc4C(C)(C)C)OP4OC5(O4)OC4(C(C)(C)CO)OP6OC(O6)(O4)C53C(c3c(C(C)(C)C)cc(CCCCCCCCC)cc3C(C)(C)C)(c3c(C(C)(C)C)cc(CCCCCCCCC)cc3C(C)(C)C)O2)c(C(C)(C)C)c1. The van der Waals surface area contributed by atoms with E-state index in [1.807, 2.05) is 13.8 Å². The second-order valence-corrected chi connectivity index (χ2v) is 49.6. The summed E-state index contributed by atoms with van der Waals surface area (Å²) in [6, 6.07) is 20.1. The Kier molecular flexibility index (Phi) is 31.2. The van der Waals surface area contributed by atoms with Gasteiger partial charge in [-0.2, -0.15) is 0 Å². The standard InChI is InChI=1S/C107H174O12P2/c1-33-37-41-45-49-53-57-61-75-65-79(91(5,6)7)87(80(66-75)92(8,9)10)101(88-81(93(11,12)13)67-76(68-82(88)94(14,15)16)62-58-54-50-46-42-38-34-2)104-103(114-120-116-106(104,117-120)112-105(100(31,32)74-109)113-107(104)118-121(115-105)119-107,90-85(97(23,24)25)71-78(72-86(90)98(26,27)28)64-60-56-52-48-44-40-36-4)111-102(110-101,99(29,30)73-108)89-83(95(17,18)19)69-77(70-84(89)96(20,21)22)63-59-55-51-47-43-39-35-3/h65-72,108-109H,33-64,73-74H2,1-32H3. The zero-order chi connectivity index (χ0) is 89.7. The summed E-state index contributed by atoms with van der Waals surface area (Å²) < 4.78 is 85.5. The minimum Gasteiger partial charge on any atom is -0.396 e. The van der Waals surface area contributed by atoms with Gasteiger partial charge in [-0.05, 0) is 186 Å². The van der Waals surface area contributed by atoms with Gasteiger partial charge in [0.15, 0.2) is 5.60 Å². The maximum absolute atomic E-state index is 14.0. The Morgan fingerprint density at radius 2 is 0.488 bits per heavy atom. The van der Waals surface area contributed by atoms with Crippen LogP contribution < -0.4 is 0 Å². The molecule has 12 nitrogen and oxygen atoms in total. The van der Waals surface area contributed by atoms with Gasteiger partial charge in [0.25, 0.3) is 0 Å². The molecule has 12 rings (SSSR count). The molecule has 8 saturated heterocycles. The fourth-order valence-electron chi connectivity index (χ4n) is 20.5. The quantitative estimate of drug-likeness (QED) is 0.0324. The summed E-state index contributed by atoms with van der Waals surface area (Å²) in [4.78, 5) is 0. The highest BCUT2D eigenvalue weighted by Crippen LogP contribution is 2.95. The fraction of sp³-hybridized carbons (Fsp3) is 0.776. The summed E-state index contributed by atoms with van der Waals surface area (Å²) in [6.45, 7) is 73.3. The number of benzene rings is 4. The van der Waals surface area contributed by atoms with Crippen LogP contribution in [0.3, 0.4) is 0 Å². The van der Waals surface area contributed by atoms with Crippen molar-refractivity contribution < 1.29 is 56.3 Å². The third-order valence-corrected chi connectivity index (χ3v) is 30.0. The molecule has 0 aromatic heterocycles. The highest BCUT2D eigenvalue weighted by Gasteiger charge is 3.05. The second-order valence-electron chi connectivity index (χ2n) is 47.6. The van der Waals surface area contributed by atoms with Crippen LogP contribution in [-0.2, 0) is 132 Å². The van der Waals surface area contributed by atoms with Crippen molar-refractivity contribution in [2.45, 2.75) is 505 Å². The Balaban J connectivity index is 1.60. The molecule has 4 unspecified atom stereocenters. The third-order valence-electron chi connectivity index (χ3n) is 27.6. The molecular weight excluding hydrogens is 1540 g/mol. The number of aliphatic hydroxyl groups excluding tert-OH is 2. The highest BCUT2D eigenvalue weighted by molar-refractivity contribution is 7.43. The first-order valence-electron chi connectivity index (χ1n) is 48.7. The van der Waals surface area contributed by atoms with E-state index in [-0.39, 0.29) is 0 Å². The number of unbranched alkanes of at least 4 members (excludes halogenated alkanes) is 24.